The molecular weight excluding hydrogens is 222 g/mol. The number of pyridine rings is 1. The number of carboxylic acid groups (broad SMARTS) is 1. The third-order valence-corrected chi connectivity index (χ3v) is 2.31. The summed E-state index contributed by atoms with van der Waals surface area (Å²) in [5.74, 6) is -4.09. The first-order chi connectivity index (χ1) is 8.06. The number of carbonyl (C=O) groups excluding carboxylic acids is 1. The summed E-state index contributed by atoms with van der Waals surface area (Å²) in [4.78, 5) is 25.9. The molecule has 1 heterocycles. The van der Waals surface area contributed by atoms with Crippen molar-refractivity contribution in [3.63, 3.8) is 0 Å². The van der Waals surface area contributed by atoms with Crippen molar-refractivity contribution in [2.75, 3.05) is 0 Å². The smallest absolute Gasteiger partial charge is 0.320 e. The van der Waals surface area contributed by atoms with Crippen molar-refractivity contribution in [2.45, 2.75) is 12.3 Å². The number of aromatic nitrogens is 1. The Bertz CT molecular complexity index is 453. The van der Waals surface area contributed by atoms with Crippen molar-refractivity contribution < 1.29 is 14.7 Å². The number of hydrogen-bond donors (Lipinski definition) is 2. The summed E-state index contributed by atoms with van der Waals surface area (Å²) in [5.41, 5.74) is 5.57. The molecule has 0 spiro atoms. The molecule has 0 saturated carbocycles. The number of amides is 1. The second-order valence-corrected chi connectivity index (χ2v) is 3.47. The second-order valence-electron chi connectivity index (χ2n) is 3.47. The molecule has 0 radical (unpaired) electrons. The van der Waals surface area contributed by atoms with Gasteiger partial charge in [-0.25, -0.2) is 0 Å². The van der Waals surface area contributed by atoms with Crippen molar-refractivity contribution in [3.8, 4) is 6.07 Å². The van der Waals surface area contributed by atoms with Crippen LogP contribution in [0.4, 0.5) is 0 Å². The number of hydrogen-bond acceptors (Lipinski definition) is 4. The molecule has 17 heavy (non-hydrogen) atoms. The van der Waals surface area contributed by atoms with Crippen LogP contribution >= 0.6 is 0 Å². The Morgan fingerprint density at radius 2 is 2.24 bits per heavy atom. The van der Waals surface area contributed by atoms with Crippen molar-refractivity contribution in [1.29, 1.82) is 5.26 Å². The van der Waals surface area contributed by atoms with E-state index in [0.29, 0.717) is 5.69 Å². The summed E-state index contributed by atoms with van der Waals surface area (Å²) < 4.78 is 0. The molecule has 0 saturated heterocycles. The number of carbonyl (C=O) groups is 2. The Kier molecular flexibility index (Phi) is 4.17. The van der Waals surface area contributed by atoms with Gasteiger partial charge in [-0.1, -0.05) is 6.07 Å². The predicted octanol–water partition coefficient (Wildman–Crippen LogP) is 0.265. The SMILES string of the molecule is N#CC(CC(C(N)=O)c1ccccn1)C(=O)O. The molecule has 88 valence electrons. The van der Waals surface area contributed by atoms with E-state index in [1.807, 2.05) is 0 Å². The van der Waals surface area contributed by atoms with Gasteiger partial charge in [0.15, 0.2) is 0 Å². The molecule has 3 N–H and O–H groups in total. The number of primary amides is 1. The first-order valence-electron chi connectivity index (χ1n) is 4.89. The van der Waals surface area contributed by atoms with E-state index in [1.165, 1.54) is 6.20 Å². The van der Waals surface area contributed by atoms with Crippen LogP contribution in [0.3, 0.4) is 0 Å². The Labute approximate surface area is 97.7 Å². The molecule has 6 nitrogen and oxygen atoms in total. The summed E-state index contributed by atoms with van der Waals surface area (Å²) >= 11 is 0. The van der Waals surface area contributed by atoms with Gasteiger partial charge >= 0.3 is 5.97 Å². The maximum absolute atomic E-state index is 11.3. The highest BCUT2D eigenvalue weighted by Gasteiger charge is 2.27. The van der Waals surface area contributed by atoms with Gasteiger partial charge in [-0.3, -0.25) is 14.6 Å². The number of aliphatic carboxylic acids is 1. The molecule has 2 unspecified atom stereocenters. The summed E-state index contributed by atoms with van der Waals surface area (Å²) in [6.07, 6.45) is 1.31. The topological polar surface area (TPSA) is 117 Å². The molecule has 1 aromatic rings. The summed E-state index contributed by atoms with van der Waals surface area (Å²) in [6, 6.07) is 6.53. The molecule has 0 fully saturated rings. The van der Waals surface area contributed by atoms with E-state index in [9.17, 15) is 9.59 Å². The summed E-state index contributed by atoms with van der Waals surface area (Å²) in [5, 5.41) is 17.4. The zero-order valence-corrected chi connectivity index (χ0v) is 8.91. The molecule has 0 aromatic carbocycles. The Balaban J connectivity index is 2.93. The molecular formula is C11H11N3O3. The molecule has 2 atom stereocenters. The van der Waals surface area contributed by atoms with E-state index in [2.05, 4.69) is 4.98 Å². The van der Waals surface area contributed by atoms with Crippen LogP contribution in [0.5, 0.6) is 0 Å². The van der Waals surface area contributed by atoms with Crippen LogP contribution < -0.4 is 5.73 Å². The minimum Gasteiger partial charge on any atom is -0.480 e. The third kappa shape index (κ3) is 3.28. The van der Waals surface area contributed by atoms with Gasteiger partial charge in [0.1, 0.15) is 5.92 Å². The maximum Gasteiger partial charge on any atom is 0.320 e. The largest absolute Gasteiger partial charge is 0.480 e. The Morgan fingerprint density at radius 3 is 2.65 bits per heavy atom. The lowest BCUT2D eigenvalue weighted by molar-refractivity contribution is -0.140. The highest BCUT2D eigenvalue weighted by atomic mass is 16.4. The average molecular weight is 233 g/mol. The summed E-state index contributed by atoms with van der Waals surface area (Å²) in [7, 11) is 0. The lowest BCUT2D eigenvalue weighted by Crippen LogP contribution is -2.26. The molecule has 1 amide bonds. The van der Waals surface area contributed by atoms with Gasteiger partial charge in [-0.15, -0.1) is 0 Å². The van der Waals surface area contributed by atoms with E-state index in [1.54, 1.807) is 24.3 Å². The van der Waals surface area contributed by atoms with Crippen LogP contribution in [0.25, 0.3) is 0 Å². The van der Waals surface area contributed by atoms with E-state index < -0.39 is 23.7 Å². The molecule has 0 aliphatic rings. The third-order valence-electron chi connectivity index (χ3n) is 2.31. The van der Waals surface area contributed by atoms with Crippen molar-refractivity contribution in [1.82, 2.24) is 4.98 Å². The highest BCUT2D eigenvalue weighted by Crippen LogP contribution is 2.21. The standard InChI is InChI=1S/C11H11N3O3/c12-6-7(11(16)17)5-8(10(13)15)9-3-1-2-4-14-9/h1-4,7-8H,5H2,(H2,13,15)(H,16,17). The van der Waals surface area contributed by atoms with Gasteiger partial charge in [-0.05, 0) is 18.6 Å². The normalized spacial score (nSPS) is 13.4. The Morgan fingerprint density at radius 1 is 1.53 bits per heavy atom. The van der Waals surface area contributed by atoms with E-state index in [0.717, 1.165) is 0 Å². The van der Waals surface area contributed by atoms with Gasteiger partial charge in [-0.2, -0.15) is 5.26 Å². The fraction of sp³-hybridized carbons (Fsp3) is 0.273. The number of nitrogens with zero attached hydrogens (tertiary/aromatic N) is 2. The van der Waals surface area contributed by atoms with E-state index in [-0.39, 0.29) is 6.42 Å². The van der Waals surface area contributed by atoms with Gasteiger partial charge in [0.05, 0.1) is 17.7 Å². The van der Waals surface area contributed by atoms with Crippen LogP contribution in [0.15, 0.2) is 24.4 Å². The van der Waals surface area contributed by atoms with Crippen LogP contribution in [-0.4, -0.2) is 22.0 Å². The van der Waals surface area contributed by atoms with Crippen molar-refractivity contribution >= 4 is 11.9 Å². The minimum atomic E-state index is -1.27. The first kappa shape index (κ1) is 12.6. The van der Waals surface area contributed by atoms with Crippen LogP contribution in [0.2, 0.25) is 0 Å². The van der Waals surface area contributed by atoms with E-state index in [4.69, 9.17) is 16.1 Å². The molecule has 1 aromatic heterocycles. The summed E-state index contributed by atoms with van der Waals surface area (Å²) in [6.45, 7) is 0. The van der Waals surface area contributed by atoms with Gasteiger partial charge in [0.25, 0.3) is 0 Å². The van der Waals surface area contributed by atoms with Gasteiger partial charge in [0.2, 0.25) is 5.91 Å². The monoisotopic (exact) mass is 233 g/mol. The zero-order valence-electron chi connectivity index (χ0n) is 8.91. The second kappa shape index (κ2) is 5.61. The number of rotatable bonds is 5. The van der Waals surface area contributed by atoms with Crippen LogP contribution in [0, 0.1) is 17.2 Å². The maximum atomic E-state index is 11.3. The zero-order chi connectivity index (χ0) is 12.8. The fourth-order valence-electron chi connectivity index (χ4n) is 1.41. The number of carboxylic acids is 1. The predicted molar refractivity (Wildman–Crippen MR) is 57.5 cm³/mol. The van der Waals surface area contributed by atoms with Crippen molar-refractivity contribution in [2.24, 2.45) is 11.7 Å². The van der Waals surface area contributed by atoms with Crippen molar-refractivity contribution in [3.05, 3.63) is 30.1 Å². The van der Waals surface area contributed by atoms with Crippen LogP contribution in [0.1, 0.15) is 18.0 Å². The molecule has 0 aliphatic heterocycles. The lowest BCUT2D eigenvalue weighted by Gasteiger charge is -2.13. The molecule has 0 bridgehead atoms. The quantitative estimate of drug-likeness (QED) is 0.756. The lowest BCUT2D eigenvalue weighted by atomic mass is 9.92. The van der Waals surface area contributed by atoms with Crippen LogP contribution in [-0.2, 0) is 9.59 Å². The number of nitriles is 1. The van der Waals surface area contributed by atoms with Gasteiger partial charge < -0.3 is 10.8 Å². The van der Waals surface area contributed by atoms with E-state index >= 15 is 0 Å². The van der Waals surface area contributed by atoms with Gasteiger partial charge in [0, 0.05) is 6.20 Å². The fourth-order valence-corrected chi connectivity index (χ4v) is 1.41. The molecule has 0 aliphatic carbocycles. The highest BCUT2D eigenvalue weighted by molar-refractivity contribution is 5.82. The Hall–Kier alpha value is -2.42. The first-order valence-corrected chi connectivity index (χ1v) is 4.89. The molecule has 1 rings (SSSR count). The molecule has 6 heteroatoms. The number of nitrogens with two attached hydrogens (primary N) is 1. The minimum absolute atomic E-state index is 0.168. The average Bonchev–Trinajstić information content (AvgIpc) is 2.30.